The fourth-order valence-corrected chi connectivity index (χ4v) is 3.43. The fraction of sp³-hybridized carbons (Fsp3) is 0.182. The number of fused-ring (bicyclic) bond motifs is 1. The van der Waals surface area contributed by atoms with Gasteiger partial charge in [0.1, 0.15) is 11.4 Å². The molecule has 0 fully saturated rings. The van der Waals surface area contributed by atoms with E-state index in [-0.39, 0.29) is 29.8 Å². The van der Waals surface area contributed by atoms with Gasteiger partial charge in [0.2, 0.25) is 5.95 Å². The molecule has 2 heterocycles. The summed E-state index contributed by atoms with van der Waals surface area (Å²) in [5, 5.41) is 28.2. The van der Waals surface area contributed by atoms with Crippen LogP contribution < -0.4 is 16.0 Å². The number of carbonyl (C=O) groups is 2. The van der Waals surface area contributed by atoms with E-state index in [1.807, 2.05) is 36.4 Å². The molecule has 1 aliphatic rings. The third kappa shape index (κ3) is 4.46. The van der Waals surface area contributed by atoms with E-state index in [1.54, 1.807) is 12.1 Å². The second kappa shape index (κ2) is 8.80. The first-order chi connectivity index (χ1) is 15.0. The molecule has 0 bridgehead atoms. The van der Waals surface area contributed by atoms with Gasteiger partial charge in [-0.05, 0) is 35.7 Å². The van der Waals surface area contributed by atoms with Crippen molar-refractivity contribution in [2.45, 2.75) is 12.5 Å². The number of carboxylic acid groups (broad SMARTS) is 1. The molecule has 31 heavy (non-hydrogen) atoms. The van der Waals surface area contributed by atoms with E-state index in [1.165, 1.54) is 6.20 Å². The van der Waals surface area contributed by atoms with Crippen molar-refractivity contribution >= 4 is 29.3 Å². The third-order valence-corrected chi connectivity index (χ3v) is 5.00. The van der Waals surface area contributed by atoms with Gasteiger partial charge in [0.05, 0.1) is 12.6 Å². The average Bonchev–Trinajstić information content (AvgIpc) is 2.78. The summed E-state index contributed by atoms with van der Waals surface area (Å²) in [5.41, 5.74) is 2.92. The highest BCUT2D eigenvalue weighted by atomic mass is 16.4. The number of anilines is 3. The van der Waals surface area contributed by atoms with Gasteiger partial charge in [-0.3, -0.25) is 4.79 Å². The van der Waals surface area contributed by atoms with E-state index in [4.69, 9.17) is 0 Å². The fourth-order valence-electron chi connectivity index (χ4n) is 3.43. The van der Waals surface area contributed by atoms with Crippen molar-refractivity contribution in [3.63, 3.8) is 0 Å². The number of aliphatic hydroxyl groups is 1. The van der Waals surface area contributed by atoms with E-state index in [2.05, 4.69) is 25.9 Å². The zero-order chi connectivity index (χ0) is 21.8. The Labute approximate surface area is 178 Å². The molecule has 1 atom stereocenters. The number of hydrogen-bond acceptors (Lipinski definition) is 7. The molecule has 5 N–H and O–H groups in total. The largest absolute Gasteiger partial charge is 0.477 e. The Hall–Kier alpha value is -3.98. The van der Waals surface area contributed by atoms with Crippen LogP contribution in [0.15, 0.2) is 54.7 Å². The number of rotatable bonds is 7. The smallest absolute Gasteiger partial charge is 0.341 e. The number of amides is 1. The third-order valence-electron chi connectivity index (χ3n) is 5.00. The number of nitrogens with one attached hydrogen (secondary N) is 3. The maximum Gasteiger partial charge on any atom is 0.341 e. The lowest BCUT2D eigenvalue weighted by molar-refractivity contribution is 0.0696. The molecule has 1 amide bonds. The van der Waals surface area contributed by atoms with Crippen molar-refractivity contribution in [2.75, 3.05) is 23.8 Å². The molecule has 0 saturated carbocycles. The molecule has 0 saturated heterocycles. The van der Waals surface area contributed by atoms with Crippen molar-refractivity contribution in [3.8, 4) is 0 Å². The Bertz CT molecular complexity index is 1120. The standard InChI is InChI=1S/C22H21N5O4/c28-12-18(13-4-2-1-3-5-13)26-19-17(21(30)31)11-24-22(27-19)25-15-6-7-16-14(10-15)8-9-23-20(16)29/h1-7,10-11,18,28H,8-9,12H2,(H,23,29)(H,30,31)(H2,24,25,26,27)/t18-/m1/s1. The van der Waals surface area contributed by atoms with Gasteiger partial charge in [0.15, 0.2) is 0 Å². The Morgan fingerprint density at radius 1 is 1.19 bits per heavy atom. The molecule has 0 spiro atoms. The van der Waals surface area contributed by atoms with Gasteiger partial charge in [-0.25, -0.2) is 9.78 Å². The van der Waals surface area contributed by atoms with E-state index in [0.29, 0.717) is 17.8 Å². The summed E-state index contributed by atoms with van der Waals surface area (Å²) in [4.78, 5) is 32.0. The Balaban J connectivity index is 1.61. The summed E-state index contributed by atoms with van der Waals surface area (Å²) in [6.07, 6.45) is 1.93. The van der Waals surface area contributed by atoms with Crippen molar-refractivity contribution in [3.05, 3.63) is 77.0 Å². The molecular formula is C22H21N5O4. The van der Waals surface area contributed by atoms with Crippen LogP contribution in [0.2, 0.25) is 0 Å². The summed E-state index contributed by atoms with van der Waals surface area (Å²) in [7, 11) is 0. The van der Waals surface area contributed by atoms with E-state index < -0.39 is 12.0 Å². The number of carboxylic acids is 1. The van der Waals surface area contributed by atoms with Crippen LogP contribution in [0.3, 0.4) is 0 Å². The molecule has 4 rings (SSSR count). The summed E-state index contributed by atoms with van der Waals surface area (Å²) in [6.45, 7) is 0.331. The van der Waals surface area contributed by atoms with E-state index in [9.17, 15) is 19.8 Å². The lowest BCUT2D eigenvalue weighted by atomic mass is 10.00. The highest BCUT2D eigenvalue weighted by molar-refractivity contribution is 5.97. The lowest BCUT2D eigenvalue weighted by Gasteiger charge is -2.19. The van der Waals surface area contributed by atoms with Crippen LogP contribution in [-0.2, 0) is 6.42 Å². The van der Waals surface area contributed by atoms with Gasteiger partial charge in [-0.15, -0.1) is 0 Å². The number of aromatic carboxylic acids is 1. The summed E-state index contributed by atoms with van der Waals surface area (Å²) >= 11 is 0. The quantitative estimate of drug-likeness (QED) is 0.394. The number of nitrogens with zero attached hydrogens (tertiary/aromatic N) is 2. The van der Waals surface area contributed by atoms with Crippen molar-refractivity contribution < 1.29 is 19.8 Å². The van der Waals surface area contributed by atoms with Crippen molar-refractivity contribution in [1.29, 1.82) is 0 Å². The maximum absolute atomic E-state index is 11.9. The van der Waals surface area contributed by atoms with Crippen molar-refractivity contribution in [2.24, 2.45) is 0 Å². The number of aliphatic hydroxyl groups excluding tert-OH is 1. The van der Waals surface area contributed by atoms with E-state index in [0.717, 1.165) is 17.5 Å². The average molecular weight is 419 g/mol. The second-order valence-corrected chi connectivity index (χ2v) is 7.05. The predicted octanol–water partition coefficient (Wildman–Crippen LogP) is 2.35. The van der Waals surface area contributed by atoms with Crippen LogP contribution >= 0.6 is 0 Å². The number of benzene rings is 2. The lowest BCUT2D eigenvalue weighted by Crippen LogP contribution is -2.31. The zero-order valence-electron chi connectivity index (χ0n) is 16.5. The first-order valence-electron chi connectivity index (χ1n) is 9.76. The van der Waals surface area contributed by atoms with Gasteiger partial charge in [-0.1, -0.05) is 30.3 Å². The molecule has 1 aromatic heterocycles. The van der Waals surface area contributed by atoms with E-state index >= 15 is 0 Å². The molecule has 9 nitrogen and oxygen atoms in total. The topological polar surface area (TPSA) is 136 Å². The molecule has 2 aromatic carbocycles. The first-order valence-corrected chi connectivity index (χ1v) is 9.76. The molecule has 0 radical (unpaired) electrons. The number of hydrogen-bond donors (Lipinski definition) is 5. The number of carbonyl (C=O) groups excluding carboxylic acids is 1. The molecule has 1 aliphatic heterocycles. The normalized spacial score (nSPS) is 13.6. The predicted molar refractivity (Wildman–Crippen MR) is 115 cm³/mol. The van der Waals surface area contributed by atoms with Crippen LogP contribution in [0.25, 0.3) is 0 Å². The monoisotopic (exact) mass is 419 g/mol. The van der Waals surface area contributed by atoms with Gasteiger partial charge in [-0.2, -0.15) is 4.98 Å². The SMILES string of the molecule is O=C1NCCc2cc(Nc3ncc(C(=O)O)c(N[C@H](CO)c4ccccc4)n3)ccc21. The van der Waals surface area contributed by atoms with Crippen molar-refractivity contribution in [1.82, 2.24) is 15.3 Å². The minimum absolute atomic E-state index is 0.0882. The highest BCUT2D eigenvalue weighted by Crippen LogP contribution is 2.25. The molecule has 158 valence electrons. The maximum atomic E-state index is 11.9. The highest BCUT2D eigenvalue weighted by Gasteiger charge is 2.19. The minimum Gasteiger partial charge on any atom is -0.477 e. The van der Waals surface area contributed by atoms with Crippen LogP contribution in [0.4, 0.5) is 17.5 Å². The summed E-state index contributed by atoms with van der Waals surface area (Å²) in [6, 6.07) is 14.0. The molecule has 0 unspecified atom stereocenters. The Kier molecular flexibility index (Phi) is 5.76. The number of aromatic nitrogens is 2. The Morgan fingerprint density at radius 3 is 2.74 bits per heavy atom. The van der Waals surface area contributed by atoms with Crippen LogP contribution in [0, 0.1) is 0 Å². The molecule has 3 aromatic rings. The molecular weight excluding hydrogens is 398 g/mol. The molecule has 9 heteroatoms. The molecule has 0 aliphatic carbocycles. The van der Waals surface area contributed by atoms with Gasteiger partial charge in [0, 0.05) is 24.0 Å². The Morgan fingerprint density at radius 2 is 2.00 bits per heavy atom. The minimum atomic E-state index is -1.18. The summed E-state index contributed by atoms with van der Waals surface area (Å²) < 4.78 is 0. The van der Waals surface area contributed by atoms with Gasteiger partial charge in [0.25, 0.3) is 5.91 Å². The second-order valence-electron chi connectivity index (χ2n) is 7.05. The summed E-state index contributed by atoms with van der Waals surface area (Å²) in [5.74, 6) is -1.00. The van der Waals surface area contributed by atoms with Crippen LogP contribution in [0.5, 0.6) is 0 Å². The zero-order valence-corrected chi connectivity index (χ0v) is 16.5. The first kappa shape index (κ1) is 20.3. The van der Waals surface area contributed by atoms with Gasteiger partial charge < -0.3 is 26.2 Å². The van der Waals surface area contributed by atoms with Gasteiger partial charge >= 0.3 is 5.97 Å². The van der Waals surface area contributed by atoms with Crippen LogP contribution in [0.1, 0.15) is 37.9 Å². The van der Waals surface area contributed by atoms with Crippen LogP contribution in [-0.4, -0.2) is 45.2 Å².